The molecule has 0 saturated carbocycles. The lowest BCUT2D eigenvalue weighted by atomic mass is 9.95. The van der Waals surface area contributed by atoms with Gasteiger partial charge in [0.05, 0.1) is 20.8 Å². The number of aromatic nitrogens is 2. The molecule has 0 spiro atoms. The van der Waals surface area contributed by atoms with Crippen LogP contribution in [-0.4, -0.2) is 40.2 Å². The number of methoxy groups -OCH3 is 2. The number of β-amino-alcohol motifs (C(OH)–C–C–N with tert-alkyl or cyclic N) is 1. The van der Waals surface area contributed by atoms with Gasteiger partial charge < -0.3 is 29.6 Å². The van der Waals surface area contributed by atoms with Crippen molar-refractivity contribution in [1.29, 1.82) is 0 Å². The Hall–Kier alpha value is -2.85. The number of hydrogen-bond donors (Lipinski definition) is 1. The molecule has 10 heteroatoms. The minimum absolute atomic E-state index is 0.112. The topological polar surface area (TPSA) is 102 Å². The summed E-state index contributed by atoms with van der Waals surface area (Å²) in [5.74, 6) is 1.27. The van der Waals surface area contributed by atoms with Gasteiger partial charge in [-0.25, -0.2) is 0 Å². The van der Waals surface area contributed by atoms with Gasteiger partial charge in [-0.15, -0.1) is 0 Å². The zero-order chi connectivity index (χ0) is 18.4. The number of nitrogens with zero attached hydrogens (tertiary/aromatic N) is 4. The summed E-state index contributed by atoms with van der Waals surface area (Å²) in [5.41, 5.74) is 1.38. The Morgan fingerprint density at radius 1 is 1.35 bits per heavy atom. The molecule has 0 radical (unpaired) electrons. The summed E-state index contributed by atoms with van der Waals surface area (Å²) in [6.45, 7) is 0.487. The maximum atomic E-state index is 11.6. The number of thiazole rings is 1. The highest BCUT2D eigenvalue weighted by Gasteiger charge is 2.35. The van der Waals surface area contributed by atoms with E-state index in [2.05, 4.69) is 4.98 Å². The van der Waals surface area contributed by atoms with Crippen LogP contribution in [0.2, 0.25) is 0 Å². The Labute approximate surface area is 152 Å². The molecule has 0 saturated heterocycles. The van der Waals surface area contributed by atoms with Crippen LogP contribution in [0.15, 0.2) is 23.7 Å². The molecule has 1 unspecified atom stereocenters. The fourth-order valence-electron chi connectivity index (χ4n) is 3.38. The third kappa shape index (κ3) is 2.37. The Kier molecular flexibility index (Phi) is 3.93. The van der Waals surface area contributed by atoms with E-state index in [4.69, 9.17) is 9.47 Å². The van der Waals surface area contributed by atoms with E-state index in [1.165, 1.54) is 22.8 Å². The minimum Gasteiger partial charge on any atom is -0.496 e. The third-order valence-corrected chi connectivity index (χ3v) is 5.24. The Morgan fingerprint density at radius 3 is 2.77 bits per heavy atom. The Bertz CT molecular complexity index is 998. The predicted molar refractivity (Wildman–Crippen MR) is 95.3 cm³/mol. The van der Waals surface area contributed by atoms with Gasteiger partial charge in [-0.3, -0.25) is 0 Å². The van der Waals surface area contributed by atoms with Crippen LogP contribution in [0.5, 0.6) is 11.5 Å². The molecule has 1 aliphatic heterocycles. The molecule has 0 aliphatic carbocycles. The number of imidazole rings is 1. The fraction of sp³-hybridized carbons (Fsp3) is 0.312. The van der Waals surface area contributed by atoms with Crippen LogP contribution in [0.4, 0.5) is 11.6 Å². The summed E-state index contributed by atoms with van der Waals surface area (Å²) in [6, 6.07) is 3.50. The van der Waals surface area contributed by atoms with Crippen molar-refractivity contribution in [3.8, 4) is 11.5 Å². The molecule has 136 valence electrons. The third-order valence-electron chi connectivity index (χ3n) is 4.48. The molecule has 3 aromatic rings. The zero-order valence-corrected chi connectivity index (χ0v) is 14.9. The van der Waals surface area contributed by atoms with Gasteiger partial charge in [0.15, 0.2) is 0 Å². The molecule has 9 nitrogen and oxygen atoms in total. The van der Waals surface area contributed by atoms with Crippen molar-refractivity contribution < 1.29 is 19.5 Å². The summed E-state index contributed by atoms with van der Waals surface area (Å²) in [7, 11) is 3.08. The first-order valence-electron chi connectivity index (χ1n) is 7.81. The number of ether oxygens (including phenoxy) is 2. The van der Waals surface area contributed by atoms with Crippen LogP contribution in [0.1, 0.15) is 17.2 Å². The first-order valence-corrected chi connectivity index (χ1v) is 8.69. The summed E-state index contributed by atoms with van der Waals surface area (Å²) in [6.07, 6.45) is 0.732. The number of aliphatic hydroxyl groups is 1. The number of fused-ring (bicyclic) bond motifs is 2. The molecule has 1 aromatic carbocycles. The summed E-state index contributed by atoms with van der Waals surface area (Å²) < 4.78 is 12.2. The molecule has 26 heavy (non-hydrogen) atoms. The second-order valence-corrected chi connectivity index (χ2v) is 6.70. The SMILES string of the molecule is COc1ccc(OC)c2c1CN(c1nc3sccn3c1[N+](=O)[O-])CC2O. The standard InChI is InChI=1S/C16H16N4O5S/c1-24-11-3-4-12(25-2)13-9(11)7-18(8-10(13)21)14-15(20(22)23)19-5-6-26-16(19)17-14/h3-6,10,21H,7-8H2,1-2H3. The van der Waals surface area contributed by atoms with E-state index in [0.29, 0.717) is 28.6 Å². The monoisotopic (exact) mass is 376 g/mol. The summed E-state index contributed by atoms with van der Waals surface area (Å²) >= 11 is 1.32. The molecule has 0 bridgehead atoms. The molecule has 3 heterocycles. The fourth-order valence-corrected chi connectivity index (χ4v) is 4.09. The first-order chi connectivity index (χ1) is 12.5. The van der Waals surface area contributed by atoms with Crippen molar-refractivity contribution in [3.63, 3.8) is 0 Å². The van der Waals surface area contributed by atoms with Gasteiger partial charge in [0.25, 0.3) is 4.96 Å². The average molecular weight is 376 g/mol. The van der Waals surface area contributed by atoms with Crippen molar-refractivity contribution in [3.05, 3.63) is 45.0 Å². The van der Waals surface area contributed by atoms with E-state index in [1.54, 1.807) is 35.7 Å². The van der Waals surface area contributed by atoms with Gasteiger partial charge in [0, 0.05) is 23.1 Å². The lowest BCUT2D eigenvalue weighted by Gasteiger charge is -2.33. The van der Waals surface area contributed by atoms with E-state index in [-0.39, 0.29) is 18.2 Å². The van der Waals surface area contributed by atoms with Crippen molar-refractivity contribution in [2.24, 2.45) is 0 Å². The van der Waals surface area contributed by atoms with E-state index in [0.717, 1.165) is 5.56 Å². The highest BCUT2D eigenvalue weighted by Crippen LogP contribution is 2.42. The minimum atomic E-state index is -0.886. The van der Waals surface area contributed by atoms with Crippen molar-refractivity contribution in [2.45, 2.75) is 12.6 Å². The van der Waals surface area contributed by atoms with E-state index >= 15 is 0 Å². The number of aliphatic hydroxyl groups excluding tert-OH is 1. The van der Waals surface area contributed by atoms with E-state index < -0.39 is 11.0 Å². The predicted octanol–water partition coefficient (Wildman–Crippen LogP) is 2.37. The number of rotatable bonds is 4. The average Bonchev–Trinajstić information content (AvgIpc) is 3.21. The zero-order valence-electron chi connectivity index (χ0n) is 14.1. The maximum absolute atomic E-state index is 11.6. The number of anilines is 1. The second-order valence-electron chi connectivity index (χ2n) is 5.83. The van der Waals surface area contributed by atoms with E-state index in [1.807, 2.05) is 0 Å². The van der Waals surface area contributed by atoms with Crippen LogP contribution < -0.4 is 14.4 Å². The highest BCUT2D eigenvalue weighted by molar-refractivity contribution is 7.15. The van der Waals surface area contributed by atoms with Gasteiger partial charge in [-0.1, -0.05) is 11.3 Å². The molecule has 2 aromatic heterocycles. The summed E-state index contributed by atoms with van der Waals surface area (Å²) in [4.78, 5) is 17.8. The molecule has 1 N–H and O–H groups in total. The van der Waals surface area contributed by atoms with Gasteiger partial charge in [-0.05, 0) is 17.1 Å². The van der Waals surface area contributed by atoms with Crippen LogP contribution in [0.25, 0.3) is 4.96 Å². The molecule has 1 atom stereocenters. The van der Waals surface area contributed by atoms with Gasteiger partial charge in [0.1, 0.15) is 23.8 Å². The van der Waals surface area contributed by atoms with Crippen molar-refractivity contribution >= 4 is 27.9 Å². The first kappa shape index (κ1) is 16.6. The smallest absolute Gasteiger partial charge is 0.373 e. The highest BCUT2D eigenvalue weighted by atomic mass is 32.1. The quantitative estimate of drug-likeness (QED) is 0.551. The molecule has 0 amide bonds. The molecule has 1 aliphatic rings. The second kappa shape index (κ2) is 6.15. The van der Waals surface area contributed by atoms with Crippen molar-refractivity contribution in [2.75, 3.05) is 25.7 Å². The van der Waals surface area contributed by atoms with Crippen LogP contribution >= 0.6 is 11.3 Å². The molecular formula is C16H16N4O5S. The van der Waals surface area contributed by atoms with Crippen molar-refractivity contribution in [1.82, 2.24) is 9.38 Å². The van der Waals surface area contributed by atoms with Gasteiger partial charge >= 0.3 is 5.82 Å². The maximum Gasteiger partial charge on any atom is 0.373 e. The number of hydrogen-bond acceptors (Lipinski definition) is 8. The Balaban J connectivity index is 1.84. The van der Waals surface area contributed by atoms with Crippen LogP contribution in [0, 0.1) is 10.1 Å². The number of nitro groups is 1. The number of benzene rings is 1. The van der Waals surface area contributed by atoms with Gasteiger partial charge in [-0.2, -0.15) is 9.38 Å². The lowest BCUT2D eigenvalue weighted by Crippen LogP contribution is -2.34. The van der Waals surface area contributed by atoms with Crippen LogP contribution in [0.3, 0.4) is 0 Å². The lowest BCUT2D eigenvalue weighted by molar-refractivity contribution is -0.389. The summed E-state index contributed by atoms with van der Waals surface area (Å²) in [5, 5.41) is 24.0. The largest absolute Gasteiger partial charge is 0.496 e. The molecule has 4 rings (SSSR count). The molecular weight excluding hydrogens is 360 g/mol. The Morgan fingerprint density at radius 2 is 2.08 bits per heavy atom. The van der Waals surface area contributed by atoms with E-state index in [9.17, 15) is 15.2 Å². The van der Waals surface area contributed by atoms with Gasteiger partial charge in [0.2, 0.25) is 5.82 Å². The van der Waals surface area contributed by atoms with Crippen LogP contribution in [-0.2, 0) is 6.54 Å². The molecule has 0 fully saturated rings. The normalized spacial score (nSPS) is 16.6.